The maximum absolute atomic E-state index is 9.58. The van der Waals surface area contributed by atoms with E-state index in [0.29, 0.717) is 6.42 Å². The van der Waals surface area contributed by atoms with Crippen molar-refractivity contribution in [3.63, 3.8) is 0 Å². The summed E-state index contributed by atoms with van der Waals surface area (Å²) in [6.07, 6.45) is 0.223. The van der Waals surface area contributed by atoms with E-state index in [1.807, 2.05) is 18.2 Å². The van der Waals surface area contributed by atoms with Crippen LogP contribution in [0.3, 0.4) is 0 Å². The molecule has 2 rings (SSSR count). The van der Waals surface area contributed by atoms with Gasteiger partial charge in [0.25, 0.3) is 0 Å². The predicted octanol–water partition coefficient (Wildman–Crippen LogP) is 3.53. The molecule has 2 aromatic rings. The Bertz CT molecular complexity index is 535. The van der Waals surface area contributed by atoms with Crippen LogP contribution in [0.2, 0.25) is 0 Å². The lowest BCUT2D eigenvalue weighted by Crippen LogP contribution is -2.06. The molecule has 0 aliphatic rings. The van der Waals surface area contributed by atoms with E-state index in [-0.39, 0.29) is 6.10 Å². The molecule has 2 nitrogen and oxygen atoms in total. The van der Waals surface area contributed by atoms with Gasteiger partial charge in [-0.3, -0.25) is 0 Å². The first-order valence-corrected chi connectivity index (χ1v) is 6.34. The lowest BCUT2D eigenvalue weighted by molar-refractivity contribution is 0.194. The van der Waals surface area contributed by atoms with E-state index in [2.05, 4.69) is 28.1 Å². The van der Waals surface area contributed by atoms with Gasteiger partial charge in [-0.15, -0.1) is 0 Å². The first kappa shape index (κ1) is 12.4. The average Bonchev–Trinajstić information content (AvgIpc) is 2.28. The van der Waals surface area contributed by atoms with Crippen molar-refractivity contribution in [1.29, 1.82) is 0 Å². The zero-order chi connectivity index (χ0) is 12.4. The van der Waals surface area contributed by atoms with Gasteiger partial charge in [-0.1, -0.05) is 28.1 Å². The second-order valence-corrected chi connectivity index (χ2v) is 5.08. The van der Waals surface area contributed by atoms with E-state index in [1.165, 1.54) is 0 Å². The summed E-state index contributed by atoms with van der Waals surface area (Å²) in [6, 6.07) is 10.1. The van der Waals surface area contributed by atoms with Crippen LogP contribution < -0.4 is 4.74 Å². The summed E-state index contributed by atoms with van der Waals surface area (Å²) in [5, 5.41) is 11.9. The molecule has 0 aliphatic carbocycles. The summed E-state index contributed by atoms with van der Waals surface area (Å²) in [5.74, 6) is 0.834. The van der Waals surface area contributed by atoms with E-state index < -0.39 is 0 Å². The van der Waals surface area contributed by atoms with Crippen molar-refractivity contribution < 1.29 is 9.84 Å². The fraction of sp³-hybridized carbons (Fsp3) is 0.286. The van der Waals surface area contributed by atoms with Gasteiger partial charge in [-0.05, 0) is 35.9 Å². The summed E-state index contributed by atoms with van der Waals surface area (Å²) in [6.45, 7) is 1.79. The minimum atomic E-state index is -0.377. The second kappa shape index (κ2) is 5.07. The number of hydrogen-bond donors (Lipinski definition) is 1. The number of rotatable bonds is 3. The van der Waals surface area contributed by atoms with Gasteiger partial charge in [0.05, 0.1) is 13.2 Å². The van der Waals surface area contributed by atoms with E-state index in [4.69, 9.17) is 4.74 Å². The van der Waals surface area contributed by atoms with Crippen molar-refractivity contribution in [3.05, 3.63) is 40.4 Å². The quantitative estimate of drug-likeness (QED) is 0.938. The second-order valence-electron chi connectivity index (χ2n) is 4.16. The normalized spacial score (nSPS) is 12.7. The monoisotopic (exact) mass is 294 g/mol. The van der Waals surface area contributed by atoms with Crippen LogP contribution in [0.15, 0.2) is 34.8 Å². The van der Waals surface area contributed by atoms with Crippen LogP contribution in [0.25, 0.3) is 10.8 Å². The van der Waals surface area contributed by atoms with Gasteiger partial charge in [-0.2, -0.15) is 0 Å². The predicted molar refractivity (Wildman–Crippen MR) is 73.6 cm³/mol. The lowest BCUT2D eigenvalue weighted by Gasteiger charge is -2.13. The molecule has 0 radical (unpaired) electrons. The van der Waals surface area contributed by atoms with Crippen molar-refractivity contribution in [2.24, 2.45) is 0 Å². The Morgan fingerprint density at radius 1 is 1.29 bits per heavy atom. The maximum Gasteiger partial charge on any atom is 0.122 e. The molecule has 17 heavy (non-hydrogen) atoms. The molecule has 0 fully saturated rings. The highest BCUT2D eigenvalue weighted by atomic mass is 79.9. The first-order valence-electron chi connectivity index (χ1n) is 5.55. The number of hydrogen-bond acceptors (Lipinski definition) is 2. The Labute approximate surface area is 109 Å². The Balaban J connectivity index is 2.65. The lowest BCUT2D eigenvalue weighted by atomic mass is 9.99. The third kappa shape index (κ3) is 2.61. The van der Waals surface area contributed by atoms with Gasteiger partial charge >= 0.3 is 0 Å². The highest BCUT2D eigenvalue weighted by Crippen LogP contribution is 2.30. The standard InChI is InChI=1S/C14H15BrO2/c1-9(16)7-13-12-5-4-11(15)8-10(12)3-6-14(13)17-2/h3-6,8-9,16H,7H2,1-2H3. The van der Waals surface area contributed by atoms with Gasteiger partial charge in [0.2, 0.25) is 0 Å². The largest absolute Gasteiger partial charge is 0.496 e. The Morgan fingerprint density at radius 3 is 2.71 bits per heavy atom. The van der Waals surface area contributed by atoms with Crippen LogP contribution in [0.4, 0.5) is 0 Å². The Morgan fingerprint density at radius 2 is 2.06 bits per heavy atom. The molecule has 3 heteroatoms. The average molecular weight is 295 g/mol. The third-order valence-corrected chi connectivity index (χ3v) is 3.26. The molecule has 0 saturated carbocycles. The molecule has 0 saturated heterocycles. The van der Waals surface area contributed by atoms with E-state index in [9.17, 15) is 5.11 Å². The van der Waals surface area contributed by atoms with Gasteiger partial charge in [-0.25, -0.2) is 0 Å². The fourth-order valence-corrected chi connectivity index (χ4v) is 2.42. The van der Waals surface area contributed by atoms with E-state index >= 15 is 0 Å². The zero-order valence-corrected chi connectivity index (χ0v) is 11.5. The highest BCUT2D eigenvalue weighted by Gasteiger charge is 2.10. The maximum atomic E-state index is 9.58. The number of aliphatic hydroxyl groups excluding tert-OH is 1. The van der Waals surface area contributed by atoms with Gasteiger partial charge < -0.3 is 9.84 Å². The first-order chi connectivity index (χ1) is 8.11. The van der Waals surface area contributed by atoms with Gasteiger partial charge in [0.1, 0.15) is 5.75 Å². The van der Waals surface area contributed by atoms with E-state index in [0.717, 1.165) is 26.6 Å². The summed E-state index contributed by atoms with van der Waals surface area (Å²) in [4.78, 5) is 0. The molecule has 1 N–H and O–H groups in total. The summed E-state index contributed by atoms with van der Waals surface area (Å²) >= 11 is 3.46. The number of halogens is 1. The van der Waals surface area contributed by atoms with Crippen LogP contribution in [-0.4, -0.2) is 18.3 Å². The Kier molecular flexibility index (Phi) is 3.69. The van der Waals surface area contributed by atoms with E-state index in [1.54, 1.807) is 14.0 Å². The molecule has 0 amide bonds. The molecule has 0 bridgehead atoms. The minimum absolute atomic E-state index is 0.377. The summed E-state index contributed by atoms with van der Waals surface area (Å²) in [7, 11) is 1.66. The minimum Gasteiger partial charge on any atom is -0.496 e. The number of benzene rings is 2. The van der Waals surface area contributed by atoms with Crippen LogP contribution in [0.5, 0.6) is 5.75 Å². The molecule has 0 heterocycles. The SMILES string of the molecule is COc1ccc2cc(Br)ccc2c1CC(C)O. The van der Waals surface area contributed by atoms with Crippen LogP contribution >= 0.6 is 15.9 Å². The van der Waals surface area contributed by atoms with Crippen molar-refractivity contribution >= 4 is 26.7 Å². The van der Waals surface area contributed by atoms with Crippen LogP contribution in [-0.2, 0) is 6.42 Å². The molecular weight excluding hydrogens is 280 g/mol. The molecule has 0 aromatic heterocycles. The van der Waals surface area contributed by atoms with Crippen molar-refractivity contribution in [2.75, 3.05) is 7.11 Å². The number of aliphatic hydroxyl groups is 1. The summed E-state index contributed by atoms with van der Waals surface area (Å²) in [5.41, 5.74) is 1.06. The molecule has 0 spiro atoms. The highest BCUT2D eigenvalue weighted by molar-refractivity contribution is 9.10. The van der Waals surface area contributed by atoms with Crippen molar-refractivity contribution in [1.82, 2.24) is 0 Å². The molecule has 0 aliphatic heterocycles. The third-order valence-electron chi connectivity index (χ3n) is 2.77. The number of methoxy groups -OCH3 is 1. The molecule has 1 unspecified atom stereocenters. The molecular formula is C14H15BrO2. The zero-order valence-electron chi connectivity index (χ0n) is 9.90. The van der Waals surface area contributed by atoms with Crippen molar-refractivity contribution in [3.8, 4) is 5.75 Å². The van der Waals surface area contributed by atoms with Crippen LogP contribution in [0.1, 0.15) is 12.5 Å². The smallest absolute Gasteiger partial charge is 0.122 e. The summed E-state index contributed by atoms with van der Waals surface area (Å²) < 4.78 is 6.42. The van der Waals surface area contributed by atoms with Crippen molar-refractivity contribution in [2.45, 2.75) is 19.4 Å². The molecule has 2 aromatic carbocycles. The number of fused-ring (bicyclic) bond motifs is 1. The number of ether oxygens (including phenoxy) is 1. The van der Waals surface area contributed by atoms with Gasteiger partial charge in [0, 0.05) is 16.5 Å². The topological polar surface area (TPSA) is 29.5 Å². The molecule has 1 atom stereocenters. The van der Waals surface area contributed by atoms with Gasteiger partial charge in [0.15, 0.2) is 0 Å². The van der Waals surface area contributed by atoms with Crippen LogP contribution in [0, 0.1) is 0 Å². The fourth-order valence-electron chi connectivity index (χ4n) is 2.04. The molecule has 90 valence electrons. The Hall–Kier alpha value is -1.06.